The molecule has 0 aliphatic heterocycles. The normalized spacial score (nSPS) is 7.33. The molecule has 0 aliphatic carbocycles. The minimum absolute atomic E-state index is 0. The van der Waals surface area contributed by atoms with Crippen molar-refractivity contribution >= 4 is 0 Å². The Morgan fingerprint density at radius 1 is 0.667 bits per heavy atom. The smallest absolute Gasteiger partial charge is 0.677 e. The third-order valence-corrected chi connectivity index (χ3v) is 0.854. The first-order valence-corrected chi connectivity index (χ1v) is 2.71. The van der Waals surface area contributed by atoms with Gasteiger partial charge in [0.15, 0.2) is 0 Å². The number of rotatable bonds is 4. The molecule has 0 aromatic heterocycles. The van der Waals surface area contributed by atoms with E-state index in [4.69, 9.17) is 11.5 Å². The molecule has 0 heterocycles. The van der Waals surface area contributed by atoms with Crippen LogP contribution in [0.2, 0.25) is 0 Å². The molecule has 0 spiro atoms. The van der Waals surface area contributed by atoms with Crippen molar-refractivity contribution in [3.05, 3.63) is 11.5 Å². The summed E-state index contributed by atoms with van der Waals surface area (Å²) in [5, 5.41) is 0. The standard InChI is InChI=1S/C5H12N2.2Rb/c6-4-2-1-3-5-7;;/h6-7H,1-5H2;;/q-2;2*+1. The zero-order valence-electron chi connectivity index (χ0n) is 6.54. The van der Waals surface area contributed by atoms with E-state index in [1.165, 1.54) is 0 Å². The van der Waals surface area contributed by atoms with Gasteiger partial charge in [0.1, 0.15) is 0 Å². The van der Waals surface area contributed by atoms with Gasteiger partial charge in [-0.2, -0.15) is 13.1 Å². The molecule has 0 atom stereocenters. The molecule has 0 radical (unpaired) electrons. The van der Waals surface area contributed by atoms with Crippen molar-refractivity contribution in [3.8, 4) is 0 Å². The van der Waals surface area contributed by atoms with E-state index in [-0.39, 0.29) is 116 Å². The Kier molecular flexibility index (Phi) is 35.8. The molecule has 0 bridgehead atoms. The van der Waals surface area contributed by atoms with Gasteiger partial charge >= 0.3 is 116 Å². The van der Waals surface area contributed by atoms with Crippen LogP contribution in [-0.2, 0) is 0 Å². The maximum absolute atomic E-state index is 6.72. The van der Waals surface area contributed by atoms with Gasteiger partial charge in [-0.05, 0) is 0 Å². The van der Waals surface area contributed by atoms with Crippen LogP contribution in [0.3, 0.4) is 0 Å². The molecule has 0 aromatic rings. The van der Waals surface area contributed by atoms with E-state index in [0.29, 0.717) is 13.1 Å². The minimum atomic E-state index is 0. The van der Waals surface area contributed by atoms with Crippen LogP contribution in [0.15, 0.2) is 0 Å². The van der Waals surface area contributed by atoms with Crippen LogP contribution in [0, 0.1) is 0 Å². The third kappa shape index (κ3) is 18.5. The van der Waals surface area contributed by atoms with E-state index in [9.17, 15) is 0 Å². The van der Waals surface area contributed by atoms with Gasteiger partial charge in [0.2, 0.25) is 0 Å². The van der Waals surface area contributed by atoms with Crippen LogP contribution in [0.1, 0.15) is 19.3 Å². The van der Waals surface area contributed by atoms with E-state index in [1.807, 2.05) is 0 Å². The quantitative estimate of drug-likeness (QED) is 0.472. The molecule has 9 heavy (non-hydrogen) atoms. The largest absolute Gasteiger partial charge is 1.00 e. The zero-order chi connectivity index (χ0) is 5.54. The van der Waals surface area contributed by atoms with Gasteiger partial charge in [0, 0.05) is 0 Å². The van der Waals surface area contributed by atoms with Crippen molar-refractivity contribution < 1.29 is 116 Å². The van der Waals surface area contributed by atoms with Crippen LogP contribution >= 0.6 is 0 Å². The van der Waals surface area contributed by atoms with Gasteiger partial charge in [-0.15, -0.1) is 0 Å². The van der Waals surface area contributed by atoms with Gasteiger partial charge in [0.05, 0.1) is 0 Å². The zero-order valence-corrected chi connectivity index (χ0v) is 16.4. The predicted octanol–water partition coefficient (Wildman–Crippen LogP) is -3.73. The van der Waals surface area contributed by atoms with Crippen molar-refractivity contribution in [2.45, 2.75) is 19.3 Å². The summed E-state index contributed by atoms with van der Waals surface area (Å²) in [4.78, 5) is 0. The molecule has 2 N–H and O–H groups in total. The Hall–Kier alpha value is 3.53. The summed E-state index contributed by atoms with van der Waals surface area (Å²) >= 11 is 0. The summed E-state index contributed by atoms with van der Waals surface area (Å²) in [6.45, 7) is 1.06. The van der Waals surface area contributed by atoms with Gasteiger partial charge < -0.3 is 11.5 Å². The molecule has 2 nitrogen and oxygen atoms in total. The summed E-state index contributed by atoms with van der Waals surface area (Å²) in [6, 6.07) is 0. The second-order valence-corrected chi connectivity index (χ2v) is 1.56. The molecule has 44 valence electrons. The first kappa shape index (κ1) is 18.3. The first-order valence-electron chi connectivity index (χ1n) is 2.71. The first-order chi connectivity index (χ1) is 3.41. The number of unbranched alkanes of at least 4 members (excludes halogenated alkanes) is 2. The van der Waals surface area contributed by atoms with Crippen molar-refractivity contribution in [1.82, 2.24) is 0 Å². The van der Waals surface area contributed by atoms with E-state index in [0.717, 1.165) is 19.3 Å². The Balaban J connectivity index is -0.000000180. The van der Waals surface area contributed by atoms with Crippen molar-refractivity contribution in [2.75, 3.05) is 13.1 Å². The number of hydrogen-bond acceptors (Lipinski definition) is 0. The Morgan fingerprint density at radius 3 is 1.22 bits per heavy atom. The maximum atomic E-state index is 6.72. The molecular formula is C5H12N2Rb2. The number of nitrogens with one attached hydrogen (secondary N) is 2. The Morgan fingerprint density at radius 2 is 1.00 bits per heavy atom. The fraction of sp³-hybridized carbons (Fsp3) is 1.00. The van der Waals surface area contributed by atoms with Crippen LogP contribution < -0.4 is 116 Å². The molecule has 0 saturated carbocycles. The van der Waals surface area contributed by atoms with Gasteiger partial charge in [-0.3, -0.25) is 0 Å². The SMILES string of the molecule is [NH-]CCCCC[NH-].[Rb+].[Rb+]. The van der Waals surface area contributed by atoms with Crippen LogP contribution in [0.25, 0.3) is 11.5 Å². The van der Waals surface area contributed by atoms with Gasteiger partial charge in [0.25, 0.3) is 0 Å². The summed E-state index contributed by atoms with van der Waals surface area (Å²) in [5.41, 5.74) is 13.4. The second kappa shape index (κ2) is 17.6. The van der Waals surface area contributed by atoms with Crippen molar-refractivity contribution in [3.63, 3.8) is 0 Å². The molecule has 0 fully saturated rings. The molecule has 0 unspecified atom stereocenters. The average Bonchev–Trinajstić information content (AvgIpc) is 1.69. The van der Waals surface area contributed by atoms with E-state index < -0.39 is 0 Å². The molecule has 0 amide bonds. The molecule has 0 aromatic carbocycles. The number of hydrogen-bond donors (Lipinski definition) is 0. The van der Waals surface area contributed by atoms with Crippen LogP contribution in [-0.4, -0.2) is 13.1 Å². The van der Waals surface area contributed by atoms with Crippen LogP contribution in [0.5, 0.6) is 0 Å². The van der Waals surface area contributed by atoms with Crippen molar-refractivity contribution in [2.24, 2.45) is 0 Å². The fourth-order valence-corrected chi connectivity index (χ4v) is 0.427. The van der Waals surface area contributed by atoms with E-state index in [2.05, 4.69) is 0 Å². The maximum Gasteiger partial charge on any atom is 1.00 e. The van der Waals surface area contributed by atoms with Crippen LogP contribution in [0.4, 0.5) is 0 Å². The third-order valence-electron chi connectivity index (χ3n) is 0.854. The molecule has 0 rings (SSSR count). The summed E-state index contributed by atoms with van der Waals surface area (Å²) in [5.74, 6) is 0. The predicted molar refractivity (Wildman–Crippen MR) is 32.2 cm³/mol. The molecule has 0 aliphatic rings. The second-order valence-electron chi connectivity index (χ2n) is 1.56. The van der Waals surface area contributed by atoms with Crippen molar-refractivity contribution in [1.29, 1.82) is 0 Å². The summed E-state index contributed by atoms with van der Waals surface area (Å²) in [7, 11) is 0. The molecule has 0 saturated heterocycles. The fourth-order valence-electron chi connectivity index (χ4n) is 0.427. The average molecular weight is 271 g/mol. The van der Waals surface area contributed by atoms with E-state index in [1.54, 1.807) is 0 Å². The topological polar surface area (TPSA) is 47.6 Å². The molecule has 4 heteroatoms. The van der Waals surface area contributed by atoms with Gasteiger partial charge in [-0.1, -0.05) is 19.3 Å². The Bertz CT molecular complexity index is 32.1. The summed E-state index contributed by atoms with van der Waals surface area (Å²) < 4.78 is 0. The Labute approximate surface area is 155 Å². The minimum Gasteiger partial charge on any atom is -0.677 e. The monoisotopic (exact) mass is 270 g/mol. The van der Waals surface area contributed by atoms with Gasteiger partial charge in [-0.25, -0.2) is 0 Å². The van der Waals surface area contributed by atoms with E-state index >= 15 is 0 Å². The molecular weight excluding hydrogens is 259 g/mol. The summed E-state index contributed by atoms with van der Waals surface area (Å²) in [6.07, 6.45) is 3.00.